The summed E-state index contributed by atoms with van der Waals surface area (Å²) < 4.78 is 0. The zero-order valence-corrected chi connectivity index (χ0v) is 13.1. The molecule has 0 aliphatic rings. The van der Waals surface area contributed by atoms with E-state index in [1.54, 1.807) is 13.8 Å². The lowest BCUT2D eigenvalue weighted by Crippen LogP contribution is -2.46. The Morgan fingerprint density at radius 2 is 1.67 bits per heavy atom. The molecule has 1 aromatic rings. The van der Waals surface area contributed by atoms with Gasteiger partial charge in [-0.05, 0) is 29.9 Å². The molecule has 0 fully saturated rings. The van der Waals surface area contributed by atoms with Crippen LogP contribution in [0.15, 0.2) is 18.2 Å². The Bertz CT molecular complexity index is 490. The van der Waals surface area contributed by atoms with Gasteiger partial charge in [0.1, 0.15) is 6.04 Å². The Balaban J connectivity index is 2.90. The summed E-state index contributed by atoms with van der Waals surface area (Å²) in [5, 5.41) is 14.4. The zero-order valence-electron chi connectivity index (χ0n) is 13.1. The number of rotatable bonds is 6. The smallest absolute Gasteiger partial charge is 0.326 e. The van der Waals surface area contributed by atoms with E-state index >= 15 is 0 Å². The van der Waals surface area contributed by atoms with Crippen molar-refractivity contribution in [1.82, 2.24) is 5.32 Å². The van der Waals surface area contributed by atoms with Gasteiger partial charge in [0.25, 0.3) is 0 Å². The number of aryl methyl sites for hydroxylation is 2. The second-order valence-electron chi connectivity index (χ2n) is 5.32. The number of aliphatic carboxylic acids is 1. The predicted molar refractivity (Wildman–Crippen MR) is 83.6 cm³/mol. The van der Waals surface area contributed by atoms with Gasteiger partial charge in [-0.3, -0.25) is 0 Å². The second kappa shape index (κ2) is 7.67. The highest BCUT2D eigenvalue weighted by atomic mass is 16.4. The first-order valence-electron chi connectivity index (χ1n) is 7.31. The highest BCUT2D eigenvalue weighted by Gasteiger charge is 2.23. The van der Waals surface area contributed by atoms with Gasteiger partial charge in [-0.15, -0.1) is 0 Å². The molecule has 0 heterocycles. The molecule has 0 aromatic heterocycles. The van der Waals surface area contributed by atoms with Crippen LogP contribution in [0.3, 0.4) is 0 Å². The Labute approximate surface area is 125 Å². The van der Waals surface area contributed by atoms with Gasteiger partial charge in [0.05, 0.1) is 0 Å². The molecule has 0 saturated carbocycles. The quantitative estimate of drug-likeness (QED) is 0.754. The number of carbonyl (C=O) groups is 2. The Kier molecular flexibility index (Phi) is 6.21. The Morgan fingerprint density at radius 1 is 1.14 bits per heavy atom. The van der Waals surface area contributed by atoms with E-state index < -0.39 is 18.0 Å². The van der Waals surface area contributed by atoms with Crippen LogP contribution in [-0.4, -0.2) is 23.1 Å². The van der Waals surface area contributed by atoms with Crippen LogP contribution in [0, 0.1) is 5.92 Å². The number of urea groups is 1. The van der Waals surface area contributed by atoms with Crippen molar-refractivity contribution in [3.8, 4) is 0 Å². The molecular formula is C16H24N2O3. The van der Waals surface area contributed by atoms with Crippen molar-refractivity contribution in [2.45, 2.75) is 46.6 Å². The van der Waals surface area contributed by atoms with Crippen molar-refractivity contribution in [2.24, 2.45) is 5.92 Å². The molecule has 0 aliphatic heterocycles. The molecule has 1 rings (SSSR count). The molecule has 0 spiro atoms. The minimum absolute atomic E-state index is 0.180. The van der Waals surface area contributed by atoms with E-state index in [9.17, 15) is 9.59 Å². The maximum absolute atomic E-state index is 12.1. The largest absolute Gasteiger partial charge is 0.480 e. The lowest BCUT2D eigenvalue weighted by Gasteiger charge is -2.20. The van der Waals surface area contributed by atoms with Gasteiger partial charge in [-0.25, -0.2) is 9.59 Å². The third kappa shape index (κ3) is 4.48. The van der Waals surface area contributed by atoms with Gasteiger partial charge in [0.2, 0.25) is 0 Å². The van der Waals surface area contributed by atoms with Crippen molar-refractivity contribution in [3.05, 3.63) is 29.3 Å². The van der Waals surface area contributed by atoms with Gasteiger partial charge in [-0.1, -0.05) is 45.9 Å². The molecule has 0 aliphatic carbocycles. The van der Waals surface area contributed by atoms with Crippen molar-refractivity contribution in [1.29, 1.82) is 0 Å². The van der Waals surface area contributed by atoms with Gasteiger partial charge in [-0.2, -0.15) is 0 Å². The van der Waals surface area contributed by atoms with Crippen LogP contribution in [0.5, 0.6) is 0 Å². The number of hydrogen-bond acceptors (Lipinski definition) is 2. The number of anilines is 1. The predicted octanol–water partition coefficient (Wildman–Crippen LogP) is 3.04. The van der Waals surface area contributed by atoms with Gasteiger partial charge < -0.3 is 15.7 Å². The fourth-order valence-corrected chi connectivity index (χ4v) is 2.21. The molecule has 116 valence electrons. The summed E-state index contributed by atoms with van der Waals surface area (Å²) in [6, 6.07) is 4.52. The molecule has 3 N–H and O–H groups in total. The number of benzene rings is 1. The van der Waals surface area contributed by atoms with E-state index in [1.165, 1.54) is 0 Å². The SMILES string of the molecule is CCc1cccc(CC)c1NC(=O)N[C@@H](C(=O)O)C(C)C. The minimum Gasteiger partial charge on any atom is -0.480 e. The topological polar surface area (TPSA) is 78.4 Å². The standard InChI is InChI=1S/C16H24N2O3/c1-5-11-8-7-9-12(6-2)14(11)18-16(21)17-13(10(3)4)15(19)20/h7-10,13H,5-6H2,1-4H3,(H,19,20)(H2,17,18,21)/t13-/m1/s1. The summed E-state index contributed by atoms with van der Waals surface area (Å²) in [6.45, 7) is 7.56. The second-order valence-corrected chi connectivity index (χ2v) is 5.32. The average molecular weight is 292 g/mol. The van der Waals surface area contributed by atoms with Crippen LogP contribution in [0.4, 0.5) is 10.5 Å². The minimum atomic E-state index is -1.03. The average Bonchev–Trinajstić information content (AvgIpc) is 2.44. The van der Waals surface area contributed by atoms with Crippen LogP contribution < -0.4 is 10.6 Å². The molecule has 1 aromatic carbocycles. The van der Waals surface area contributed by atoms with Crippen LogP contribution >= 0.6 is 0 Å². The van der Waals surface area contributed by atoms with Gasteiger partial charge >= 0.3 is 12.0 Å². The van der Waals surface area contributed by atoms with Crippen LogP contribution in [-0.2, 0) is 17.6 Å². The van der Waals surface area contributed by atoms with Crippen molar-refractivity contribution < 1.29 is 14.7 Å². The van der Waals surface area contributed by atoms with E-state index in [0.29, 0.717) is 0 Å². The fraction of sp³-hybridized carbons (Fsp3) is 0.500. The molecule has 0 saturated heterocycles. The highest BCUT2D eigenvalue weighted by molar-refractivity contribution is 5.93. The molecule has 0 unspecified atom stereocenters. The zero-order chi connectivity index (χ0) is 16.0. The molecule has 5 nitrogen and oxygen atoms in total. The number of carbonyl (C=O) groups excluding carboxylic acids is 1. The van der Waals surface area contributed by atoms with Crippen molar-refractivity contribution >= 4 is 17.7 Å². The first kappa shape index (κ1) is 17.0. The normalized spacial score (nSPS) is 12.0. The third-order valence-corrected chi connectivity index (χ3v) is 3.46. The number of amides is 2. The van der Waals surface area contributed by atoms with Crippen molar-refractivity contribution in [2.75, 3.05) is 5.32 Å². The third-order valence-electron chi connectivity index (χ3n) is 3.46. The van der Waals surface area contributed by atoms with Crippen LogP contribution in [0.25, 0.3) is 0 Å². The summed E-state index contributed by atoms with van der Waals surface area (Å²) in [6.07, 6.45) is 1.60. The fourth-order valence-electron chi connectivity index (χ4n) is 2.21. The Hall–Kier alpha value is -2.04. The molecule has 0 bridgehead atoms. The van der Waals surface area contributed by atoms with E-state index in [2.05, 4.69) is 10.6 Å². The van der Waals surface area contributed by atoms with Crippen LogP contribution in [0.1, 0.15) is 38.8 Å². The number of carboxylic acid groups (broad SMARTS) is 1. The number of para-hydroxylation sites is 1. The maximum atomic E-state index is 12.1. The monoisotopic (exact) mass is 292 g/mol. The lowest BCUT2D eigenvalue weighted by molar-refractivity contribution is -0.140. The first-order chi connectivity index (χ1) is 9.90. The number of nitrogens with one attached hydrogen (secondary N) is 2. The van der Waals surface area contributed by atoms with Gasteiger partial charge in [0.15, 0.2) is 0 Å². The van der Waals surface area contributed by atoms with E-state index in [4.69, 9.17) is 5.11 Å². The molecule has 5 heteroatoms. The molecule has 1 atom stereocenters. The molecule has 2 amide bonds. The summed E-state index contributed by atoms with van der Waals surface area (Å²) in [5.41, 5.74) is 2.87. The summed E-state index contributed by atoms with van der Waals surface area (Å²) in [5.74, 6) is -1.21. The summed E-state index contributed by atoms with van der Waals surface area (Å²) >= 11 is 0. The highest BCUT2D eigenvalue weighted by Crippen LogP contribution is 2.22. The number of hydrogen-bond donors (Lipinski definition) is 3. The summed E-state index contributed by atoms with van der Waals surface area (Å²) in [4.78, 5) is 23.2. The first-order valence-corrected chi connectivity index (χ1v) is 7.31. The molecule has 0 radical (unpaired) electrons. The lowest BCUT2D eigenvalue weighted by atomic mass is 10.0. The summed E-state index contributed by atoms with van der Waals surface area (Å²) in [7, 11) is 0. The molecule has 21 heavy (non-hydrogen) atoms. The Morgan fingerprint density at radius 3 is 2.05 bits per heavy atom. The maximum Gasteiger partial charge on any atom is 0.326 e. The number of carboxylic acids is 1. The van der Waals surface area contributed by atoms with Crippen LogP contribution in [0.2, 0.25) is 0 Å². The van der Waals surface area contributed by atoms with E-state index in [0.717, 1.165) is 29.7 Å². The van der Waals surface area contributed by atoms with E-state index in [1.807, 2.05) is 32.0 Å². The molecular weight excluding hydrogens is 268 g/mol. The van der Waals surface area contributed by atoms with Gasteiger partial charge in [0, 0.05) is 5.69 Å². The van der Waals surface area contributed by atoms with E-state index in [-0.39, 0.29) is 5.92 Å². The van der Waals surface area contributed by atoms with Crippen molar-refractivity contribution in [3.63, 3.8) is 0 Å².